The molecule has 1 aromatic rings. The van der Waals surface area contributed by atoms with Crippen LogP contribution >= 0.6 is 12.4 Å². The van der Waals surface area contributed by atoms with Crippen LogP contribution in [0, 0.1) is 0 Å². The zero-order chi connectivity index (χ0) is 17.6. The largest absolute Gasteiger partial charge is 0.352 e. The molecule has 0 aliphatic carbocycles. The summed E-state index contributed by atoms with van der Waals surface area (Å²) in [7, 11) is 0. The van der Waals surface area contributed by atoms with Crippen molar-refractivity contribution in [1.29, 1.82) is 0 Å². The van der Waals surface area contributed by atoms with E-state index < -0.39 is 0 Å². The van der Waals surface area contributed by atoms with Crippen LogP contribution in [-0.4, -0.2) is 43.9 Å². The van der Waals surface area contributed by atoms with Crippen molar-refractivity contribution in [3.05, 3.63) is 35.9 Å². The lowest BCUT2D eigenvalue weighted by atomic mass is 10.1. The number of nitrogens with one attached hydrogen (secondary N) is 3. The molecule has 0 saturated heterocycles. The van der Waals surface area contributed by atoms with Crippen molar-refractivity contribution in [2.24, 2.45) is 0 Å². The summed E-state index contributed by atoms with van der Waals surface area (Å²) in [6.45, 7) is 2.28. The second-order valence-corrected chi connectivity index (χ2v) is 6.14. The van der Waals surface area contributed by atoms with Gasteiger partial charge in [-0.1, -0.05) is 23.8 Å². The molecule has 26 heavy (non-hydrogen) atoms. The van der Waals surface area contributed by atoms with Gasteiger partial charge in [0.25, 0.3) is 0 Å². The number of hydrogen-bond donors (Lipinski definition) is 3. The fourth-order valence-corrected chi connectivity index (χ4v) is 2.94. The molecule has 0 spiro atoms. The Morgan fingerprint density at radius 1 is 1.19 bits per heavy atom. The van der Waals surface area contributed by atoms with Gasteiger partial charge in [0.05, 0.1) is 11.4 Å². The monoisotopic (exact) mass is 378 g/mol. The maximum atomic E-state index is 12.5. The second-order valence-electron chi connectivity index (χ2n) is 6.14. The van der Waals surface area contributed by atoms with Crippen molar-refractivity contribution in [3.8, 4) is 0 Å². The van der Waals surface area contributed by atoms with E-state index in [-0.39, 0.29) is 49.5 Å². The van der Waals surface area contributed by atoms with Gasteiger partial charge in [0.1, 0.15) is 6.54 Å². The van der Waals surface area contributed by atoms with Crippen LogP contribution in [0.3, 0.4) is 0 Å². The number of carbonyl (C=O) groups is 3. The first-order chi connectivity index (χ1) is 12.1. The van der Waals surface area contributed by atoms with E-state index in [0.29, 0.717) is 17.9 Å². The minimum absolute atomic E-state index is 0. The van der Waals surface area contributed by atoms with Crippen LogP contribution in [0.1, 0.15) is 19.3 Å². The number of rotatable bonds is 5. The number of nitrogens with zero attached hydrogens (tertiary/aromatic N) is 1. The van der Waals surface area contributed by atoms with Gasteiger partial charge in [-0.2, -0.15) is 0 Å². The van der Waals surface area contributed by atoms with Gasteiger partial charge in [0.2, 0.25) is 17.7 Å². The zero-order valence-corrected chi connectivity index (χ0v) is 15.2. The fraction of sp³-hybridized carbons (Fsp3) is 0.389. The number of amides is 3. The third-order valence-corrected chi connectivity index (χ3v) is 4.31. The first-order valence-corrected chi connectivity index (χ1v) is 8.48. The van der Waals surface area contributed by atoms with E-state index in [0.717, 1.165) is 19.5 Å². The minimum atomic E-state index is -0.227. The third kappa shape index (κ3) is 5.06. The highest BCUT2D eigenvalue weighted by molar-refractivity contribution is 6.10. The summed E-state index contributed by atoms with van der Waals surface area (Å²) in [6.07, 6.45) is 3.20. The lowest BCUT2D eigenvalue weighted by Crippen LogP contribution is -2.42. The Bertz CT molecular complexity index is 720. The van der Waals surface area contributed by atoms with Crippen molar-refractivity contribution in [2.45, 2.75) is 19.3 Å². The van der Waals surface area contributed by atoms with E-state index in [2.05, 4.69) is 22.0 Å². The lowest BCUT2D eigenvalue weighted by molar-refractivity contribution is -0.125. The molecular weight excluding hydrogens is 356 g/mol. The first kappa shape index (κ1) is 19.9. The van der Waals surface area contributed by atoms with E-state index in [1.165, 1.54) is 10.5 Å². The average Bonchev–Trinajstić information content (AvgIpc) is 2.64. The van der Waals surface area contributed by atoms with Crippen molar-refractivity contribution < 1.29 is 14.4 Å². The number of anilines is 2. The quantitative estimate of drug-likeness (QED) is 0.672. The van der Waals surface area contributed by atoms with Gasteiger partial charge >= 0.3 is 0 Å². The molecule has 0 radical (unpaired) electrons. The summed E-state index contributed by atoms with van der Waals surface area (Å²) in [5, 5.41) is 8.81. The SMILES string of the molecule is Cl.O=C(CCC(=O)N1CC(=O)Nc2ccccc21)NCC1=CCNCC1. The second kappa shape index (κ2) is 9.35. The van der Waals surface area contributed by atoms with E-state index in [1.54, 1.807) is 18.2 Å². The molecule has 0 unspecified atom stereocenters. The highest BCUT2D eigenvalue weighted by atomic mass is 35.5. The number of fused-ring (bicyclic) bond motifs is 1. The Labute approximate surface area is 158 Å². The molecule has 3 N–H and O–H groups in total. The molecule has 0 aromatic heterocycles. The molecular formula is C18H23ClN4O3. The Hall–Kier alpha value is -2.38. The summed E-state index contributed by atoms with van der Waals surface area (Å²) < 4.78 is 0. The van der Waals surface area contributed by atoms with Crippen LogP contribution < -0.4 is 20.9 Å². The smallest absolute Gasteiger partial charge is 0.244 e. The summed E-state index contributed by atoms with van der Waals surface area (Å²) in [5.41, 5.74) is 2.50. The average molecular weight is 379 g/mol. The summed E-state index contributed by atoms with van der Waals surface area (Å²) in [4.78, 5) is 37.6. The van der Waals surface area contributed by atoms with Crippen molar-refractivity contribution >= 4 is 41.5 Å². The Morgan fingerprint density at radius 2 is 2.00 bits per heavy atom. The van der Waals surface area contributed by atoms with Crippen molar-refractivity contribution in [3.63, 3.8) is 0 Å². The Balaban J connectivity index is 0.00000243. The molecule has 2 aliphatic heterocycles. The summed E-state index contributed by atoms with van der Waals surface area (Å²) in [6, 6.07) is 7.16. The number of hydrogen-bond acceptors (Lipinski definition) is 4. The number of carbonyl (C=O) groups excluding carboxylic acids is 3. The van der Waals surface area contributed by atoms with E-state index in [9.17, 15) is 14.4 Å². The molecule has 140 valence electrons. The van der Waals surface area contributed by atoms with Crippen LogP contribution in [0.2, 0.25) is 0 Å². The predicted octanol–water partition coefficient (Wildman–Crippen LogP) is 1.21. The molecule has 2 heterocycles. The Kier molecular flexibility index (Phi) is 7.17. The van der Waals surface area contributed by atoms with Gasteiger partial charge in [-0.25, -0.2) is 0 Å². The first-order valence-electron chi connectivity index (χ1n) is 8.48. The molecule has 0 fully saturated rings. The van der Waals surface area contributed by atoms with Gasteiger partial charge in [-0.15, -0.1) is 12.4 Å². The van der Waals surface area contributed by atoms with Gasteiger partial charge in [-0.3, -0.25) is 14.4 Å². The molecule has 7 nitrogen and oxygen atoms in total. The van der Waals surface area contributed by atoms with Crippen LogP contribution in [0.25, 0.3) is 0 Å². The molecule has 3 rings (SSSR count). The van der Waals surface area contributed by atoms with Crippen LogP contribution in [0.15, 0.2) is 35.9 Å². The maximum absolute atomic E-state index is 12.5. The highest BCUT2D eigenvalue weighted by Crippen LogP contribution is 2.29. The molecule has 2 aliphatic rings. The number of halogens is 1. The molecule has 3 amide bonds. The van der Waals surface area contributed by atoms with E-state index in [1.807, 2.05) is 6.07 Å². The van der Waals surface area contributed by atoms with Crippen LogP contribution in [-0.2, 0) is 14.4 Å². The minimum Gasteiger partial charge on any atom is -0.352 e. The molecule has 8 heteroatoms. The zero-order valence-electron chi connectivity index (χ0n) is 14.4. The van der Waals surface area contributed by atoms with Crippen molar-refractivity contribution in [2.75, 3.05) is 36.4 Å². The van der Waals surface area contributed by atoms with Gasteiger partial charge in [-0.05, 0) is 25.1 Å². The van der Waals surface area contributed by atoms with Gasteiger partial charge in [0.15, 0.2) is 0 Å². The van der Waals surface area contributed by atoms with Gasteiger partial charge < -0.3 is 20.9 Å². The lowest BCUT2D eigenvalue weighted by Gasteiger charge is -2.29. The number of benzene rings is 1. The summed E-state index contributed by atoms with van der Waals surface area (Å²) >= 11 is 0. The van der Waals surface area contributed by atoms with E-state index >= 15 is 0 Å². The normalized spacial score (nSPS) is 15.9. The van der Waals surface area contributed by atoms with Crippen LogP contribution in [0.4, 0.5) is 11.4 Å². The fourth-order valence-electron chi connectivity index (χ4n) is 2.94. The molecule has 0 bridgehead atoms. The summed E-state index contributed by atoms with van der Waals surface area (Å²) in [5.74, 6) is -0.601. The number of para-hydroxylation sites is 2. The van der Waals surface area contributed by atoms with Crippen molar-refractivity contribution in [1.82, 2.24) is 10.6 Å². The molecule has 1 aromatic carbocycles. The standard InChI is InChI=1S/C18H22N4O3.ClH/c23-16(20-11-13-7-9-19-10-8-13)5-6-18(25)22-12-17(24)21-14-3-1-2-4-15(14)22;/h1-4,7,19H,5-6,8-12H2,(H,20,23)(H,21,24);1H. The topological polar surface area (TPSA) is 90.5 Å². The van der Waals surface area contributed by atoms with Gasteiger partial charge in [0, 0.05) is 25.9 Å². The Morgan fingerprint density at radius 3 is 2.77 bits per heavy atom. The maximum Gasteiger partial charge on any atom is 0.244 e. The van der Waals surface area contributed by atoms with Crippen LogP contribution in [0.5, 0.6) is 0 Å². The third-order valence-electron chi connectivity index (χ3n) is 4.31. The molecule has 0 atom stereocenters. The van der Waals surface area contributed by atoms with E-state index in [4.69, 9.17) is 0 Å². The highest BCUT2D eigenvalue weighted by Gasteiger charge is 2.26. The predicted molar refractivity (Wildman–Crippen MR) is 102 cm³/mol. The molecule has 0 saturated carbocycles.